The van der Waals surface area contributed by atoms with Crippen LogP contribution in [-0.2, 0) is 15.3 Å². The second kappa shape index (κ2) is 5.30. The van der Waals surface area contributed by atoms with Crippen molar-refractivity contribution in [3.05, 3.63) is 23.5 Å². The van der Waals surface area contributed by atoms with Gasteiger partial charge in [0.2, 0.25) is 0 Å². The SMILES string of the molecule is CCS(=O)(=O)c1cc(C(C)(C)C#N)cnc1C(C)C. The Morgan fingerprint density at radius 2 is 2.00 bits per heavy atom. The van der Waals surface area contributed by atoms with Gasteiger partial charge in [-0.3, -0.25) is 4.98 Å². The fourth-order valence-corrected chi connectivity index (χ4v) is 2.92. The van der Waals surface area contributed by atoms with Crippen LogP contribution >= 0.6 is 0 Å². The second-order valence-corrected chi connectivity index (χ2v) is 7.65. The Hall–Kier alpha value is -1.41. The molecule has 1 heterocycles. The van der Waals surface area contributed by atoms with Gasteiger partial charge in [-0.15, -0.1) is 0 Å². The molecule has 1 rings (SSSR count). The molecule has 0 saturated heterocycles. The highest BCUT2D eigenvalue weighted by Gasteiger charge is 2.26. The lowest BCUT2D eigenvalue weighted by atomic mass is 9.87. The average molecular weight is 280 g/mol. The Morgan fingerprint density at radius 3 is 2.42 bits per heavy atom. The van der Waals surface area contributed by atoms with Crippen molar-refractivity contribution >= 4 is 9.84 Å². The Kier molecular flexibility index (Phi) is 4.36. The monoisotopic (exact) mass is 280 g/mol. The normalized spacial score (nSPS) is 12.5. The zero-order chi connectivity index (χ0) is 14.8. The Labute approximate surface area is 115 Å². The van der Waals surface area contributed by atoms with Crippen LogP contribution in [0.2, 0.25) is 0 Å². The third kappa shape index (κ3) is 3.13. The number of nitrogens with zero attached hydrogens (tertiary/aromatic N) is 2. The molecule has 1 aromatic rings. The van der Waals surface area contributed by atoms with E-state index in [1.54, 1.807) is 33.0 Å². The van der Waals surface area contributed by atoms with Crippen LogP contribution < -0.4 is 0 Å². The van der Waals surface area contributed by atoms with Gasteiger partial charge in [-0.1, -0.05) is 20.8 Å². The van der Waals surface area contributed by atoms with Gasteiger partial charge in [-0.2, -0.15) is 5.26 Å². The van der Waals surface area contributed by atoms with Crippen LogP contribution in [0.1, 0.15) is 51.8 Å². The largest absolute Gasteiger partial charge is 0.259 e. The lowest BCUT2D eigenvalue weighted by molar-refractivity contribution is 0.592. The maximum Gasteiger partial charge on any atom is 0.179 e. The van der Waals surface area contributed by atoms with E-state index in [1.165, 1.54) is 0 Å². The number of rotatable bonds is 4. The molecule has 5 heteroatoms. The fraction of sp³-hybridized carbons (Fsp3) is 0.571. The molecule has 19 heavy (non-hydrogen) atoms. The van der Waals surface area contributed by atoms with Crippen LogP contribution in [0.4, 0.5) is 0 Å². The minimum atomic E-state index is -3.34. The second-order valence-electron chi connectivity index (χ2n) is 5.40. The molecule has 0 bridgehead atoms. The average Bonchev–Trinajstić information content (AvgIpc) is 2.37. The van der Waals surface area contributed by atoms with Crippen LogP contribution in [0.3, 0.4) is 0 Å². The molecule has 0 radical (unpaired) electrons. The van der Waals surface area contributed by atoms with Crippen LogP contribution in [-0.4, -0.2) is 19.2 Å². The zero-order valence-corrected chi connectivity index (χ0v) is 12.9. The minimum absolute atomic E-state index is 0.0237. The van der Waals surface area contributed by atoms with Gasteiger partial charge < -0.3 is 0 Å². The number of hydrogen-bond donors (Lipinski definition) is 0. The molecule has 0 fully saturated rings. The first-order valence-corrected chi connectivity index (χ1v) is 7.95. The van der Waals surface area contributed by atoms with Gasteiger partial charge in [0, 0.05) is 6.20 Å². The summed E-state index contributed by atoms with van der Waals surface area (Å²) in [6.45, 7) is 8.93. The molecule has 0 aliphatic heterocycles. The highest BCUT2D eigenvalue weighted by Crippen LogP contribution is 2.29. The molecule has 0 aliphatic carbocycles. The molecule has 4 nitrogen and oxygen atoms in total. The Bertz CT molecular complexity index is 611. The number of sulfone groups is 1. The molecule has 0 saturated carbocycles. The van der Waals surface area contributed by atoms with E-state index in [1.807, 2.05) is 13.8 Å². The van der Waals surface area contributed by atoms with Gasteiger partial charge in [0.15, 0.2) is 9.84 Å². The maximum absolute atomic E-state index is 12.2. The van der Waals surface area contributed by atoms with E-state index >= 15 is 0 Å². The summed E-state index contributed by atoms with van der Waals surface area (Å²) in [5, 5.41) is 9.15. The molecule has 1 aromatic heterocycles. The Balaban J connectivity index is 3.58. The topological polar surface area (TPSA) is 70.8 Å². The van der Waals surface area contributed by atoms with E-state index in [9.17, 15) is 8.42 Å². The summed E-state index contributed by atoms with van der Waals surface area (Å²) in [5.41, 5.74) is 0.450. The first-order valence-electron chi connectivity index (χ1n) is 6.30. The molecule has 0 N–H and O–H groups in total. The van der Waals surface area contributed by atoms with Gasteiger partial charge in [0.1, 0.15) is 0 Å². The quantitative estimate of drug-likeness (QED) is 0.850. The van der Waals surface area contributed by atoms with Crippen LogP contribution in [0, 0.1) is 11.3 Å². The van der Waals surface area contributed by atoms with Crippen molar-refractivity contribution in [3.8, 4) is 6.07 Å². The van der Waals surface area contributed by atoms with Crippen molar-refractivity contribution in [3.63, 3.8) is 0 Å². The van der Waals surface area contributed by atoms with Crippen molar-refractivity contribution < 1.29 is 8.42 Å². The van der Waals surface area contributed by atoms with E-state index < -0.39 is 15.3 Å². The lowest BCUT2D eigenvalue weighted by Gasteiger charge is -2.19. The van der Waals surface area contributed by atoms with Gasteiger partial charge in [-0.05, 0) is 31.4 Å². The first kappa shape index (κ1) is 15.6. The summed E-state index contributed by atoms with van der Waals surface area (Å²) >= 11 is 0. The Morgan fingerprint density at radius 1 is 1.42 bits per heavy atom. The van der Waals surface area contributed by atoms with Gasteiger partial charge in [0.25, 0.3) is 0 Å². The third-order valence-electron chi connectivity index (χ3n) is 3.14. The highest BCUT2D eigenvalue weighted by atomic mass is 32.2. The minimum Gasteiger partial charge on any atom is -0.259 e. The van der Waals surface area contributed by atoms with Crippen molar-refractivity contribution in [1.29, 1.82) is 5.26 Å². The summed E-state index contributed by atoms with van der Waals surface area (Å²) in [7, 11) is -3.34. The van der Waals surface area contributed by atoms with E-state index in [4.69, 9.17) is 5.26 Å². The molecular formula is C14H20N2O2S. The van der Waals surface area contributed by atoms with Crippen molar-refractivity contribution in [2.24, 2.45) is 0 Å². The number of hydrogen-bond acceptors (Lipinski definition) is 4. The summed E-state index contributed by atoms with van der Waals surface area (Å²) in [5.74, 6) is 0.0563. The van der Waals surface area contributed by atoms with Crippen LogP contribution in [0.15, 0.2) is 17.2 Å². The number of aromatic nitrogens is 1. The van der Waals surface area contributed by atoms with E-state index in [2.05, 4.69) is 11.1 Å². The van der Waals surface area contributed by atoms with Gasteiger partial charge in [-0.25, -0.2) is 8.42 Å². The van der Waals surface area contributed by atoms with Gasteiger partial charge >= 0.3 is 0 Å². The van der Waals surface area contributed by atoms with Crippen LogP contribution in [0.25, 0.3) is 0 Å². The molecule has 0 amide bonds. The molecule has 0 aromatic carbocycles. The molecule has 0 aliphatic rings. The summed E-state index contributed by atoms with van der Waals surface area (Å²) in [6.07, 6.45) is 1.60. The summed E-state index contributed by atoms with van der Waals surface area (Å²) < 4.78 is 24.3. The molecular weight excluding hydrogens is 260 g/mol. The van der Waals surface area contributed by atoms with Crippen LogP contribution in [0.5, 0.6) is 0 Å². The van der Waals surface area contributed by atoms with Crippen molar-refractivity contribution in [2.75, 3.05) is 5.75 Å². The van der Waals surface area contributed by atoms with Crippen molar-refractivity contribution in [1.82, 2.24) is 4.98 Å². The van der Waals surface area contributed by atoms with Crippen molar-refractivity contribution in [2.45, 2.75) is 50.8 Å². The predicted octanol–water partition coefficient (Wildman–Crippen LogP) is 2.80. The first-order chi connectivity index (χ1) is 8.65. The summed E-state index contributed by atoms with van der Waals surface area (Å²) in [6, 6.07) is 3.77. The molecule has 0 spiro atoms. The number of nitriles is 1. The maximum atomic E-state index is 12.2. The van der Waals surface area contributed by atoms with E-state index in [0.717, 1.165) is 0 Å². The standard InChI is InChI=1S/C14H20N2O2S/c1-6-19(17,18)12-7-11(14(4,5)9-15)8-16-13(12)10(2)3/h7-8,10H,6H2,1-5H3. The van der Waals surface area contributed by atoms with Gasteiger partial charge in [0.05, 0.1) is 27.8 Å². The fourth-order valence-electron chi connectivity index (χ4n) is 1.70. The smallest absolute Gasteiger partial charge is 0.179 e. The predicted molar refractivity (Wildman–Crippen MR) is 74.7 cm³/mol. The van der Waals surface area contributed by atoms with E-state index in [-0.39, 0.29) is 16.6 Å². The third-order valence-corrected chi connectivity index (χ3v) is 4.90. The molecule has 104 valence electrons. The number of pyridine rings is 1. The van der Waals surface area contributed by atoms with E-state index in [0.29, 0.717) is 11.3 Å². The summed E-state index contributed by atoms with van der Waals surface area (Å²) in [4.78, 5) is 4.53. The molecule has 0 unspecified atom stereocenters. The zero-order valence-electron chi connectivity index (χ0n) is 12.1. The lowest BCUT2D eigenvalue weighted by Crippen LogP contribution is -2.18. The highest BCUT2D eigenvalue weighted by molar-refractivity contribution is 7.91. The molecule has 0 atom stereocenters.